The van der Waals surface area contributed by atoms with E-state index < -0.39 is 0 Å². The Hall–Kier alpha value is 0.0100. The van der Waals surface area contributed by atoms with Gasteiger partial charge in [-0.3, -0.25) is 0 Å². The SMILES string of the molecule is O[C@@H]1CSCc2c(Br)cccc21. The number of rotatable bonds is 0. The van der Waals surface area contributed by atoms with Crippen molar-refractivity contribution in [2.45, 2.75) is 11.9 Å². The van der Waals surface area contributed by atoms with Gasteiger partial charge in [0.15, 0.2) is 0 Å². The lowest BCUT2D eigenvalue weighted by atomic mass is 10.0. The van der Waals surface area contributed by atoms with Crippen molar-refractivity contribution >= 4 is 27.7 Å². The van der Waals surface area contributed by atoms with Crippen LogP contribution < -0.4 is 0 Å². The summed E-state index contributed by atoms with van der Waals surface area (Å²) in [4.78, 5) is 0. The van der Waals surface area contributed by atoms with Crippen LogP contribution in [0.2, 0.25) is 0 Å². The van der Waals surface area contributed by atoms with E-state index in [1.165, 1.54) is 5.56 Å². The first-order chi connectivity index (χ1) is 5.79. The van der Waals surface area contributed by atoms with Crippen molar-refractivity contribution in [1.29, 1.82) is 0 Å². The maximum Gasteiger partial charge on any atom is 0.0883 e. The van der Waals surface area contributed by atoms with Crippen LogP contribution in [0.15, 0.2) is 22.7 Å². The van der Waals surface area contributed by atoms with Gasteiger partial charge in [0, 0.05) is 16.0 Å². The van der Waals surface area contributed by atoms with Crippen molar-refractivity contribution in [3.63, 3.8) is 0 Å². The van der Waals surface area contributed by atoms with Crippen LogP contribution >= 0.6 is 27.7 Å². The molecule has 0 amide bonds. The van der Waals surface area contributed by atoms with Gasteiger partial charge in [-0.15, -0.1) is 0 Å². The van der Waals surface area contributed by atoms with E-state index in [9.17, 15) is 5.11 Å². The second-order valence-corrected chi connectivity index (χ2v) is 4.72. The number of aliphatic hydroxyl groups excluding tert-OH is 1. The van der Waals surface area contributed by atoms with Gasteiger partial charge in [0.25, 0.3) is 0 Å². The Morgan fingerprint density at radius 2 is 2.33 bits per heavy atom. The molecule has 0 unspecified atom stereocenters. The zero-order valence-corrected chi connectivity index (χ0v) is 8.86. The second-order valence-electron chi connectivity index (χ2n) is 2.84. The van der Waals surface area contributed by atoms with Crippen LogP contribution in [0.25, 0.3) is 0 Å². The van der Waals surface area contributed by atoms with Gasteiger partial charge in [0.2, 0.25) is 0 Å². The maximum absolute atomic E-state index is 9.64. The lowest BCUT2D eigenvalue weighted by molar-refractivity contribution is 0.201. The van der Waals surface area contributed by atoms with E-state index in [-0.39, 0.29) is 6.10 Å². The highest BCUT2D eigenvalue weighted by molar-refractivity contribution is 9.10. The maximum atomic E-state index is 9.64. The third kappa shape index (κ3) is 1.41. The van der Waals surface area contributed by atoms with E-state index in [4.69, 9.17) is 0 Å². The largest absolute Gasteiger partial charge is 0.388 e. The van der Waals surface area contributed by atoms with E-state index in [1.807, 2.05) is 18.2 Å². The Morgan fingerprint density at radius 3 is 3.08 bits per heavy atom. The summed E-state index contributed by atoms with van der Waals surface area (Å²) in [5.41, 5.74) is 2.34. The predicted octanol–water partition coefficient (Wildman–Crippen LogP) is 2.73. The first-order valence-electron chi connectivity index (χ1n) is 3.82. The highest BCUT2D eigenvalue weighted by Gasteiger charge is 2.19. The Bertz CT molecular complexity index is 301. The fourth-order valence-corrected chi connectivity index (χ4v) is 3.16. The van der Waals surface area contributed by atoms with Crippen LogP contribution in [0.4, 0.5) is 0 Å². The topological polar surface area (TPSA) is 20.2 Å². The molecule has 1 atom stereocenters. The van der Waals surface area contributed by atoms with Crippen LogP contribution in [0.5, 0.6) is 0 Å². The van der Waals surface area contributed by atoms with E-state index in [1.54, 1.807) is 11.8 Å². The van der Waals surface area contributed by atoms with Crippen LogP contribution in [-0.4, -0.2) is 10.9 Å². The number of thioether (sulfide) groups is 1. The summed E-state index contributed by atoms with van der Waals surface area (Å²) >= 11 is 5.26. The van der Waals surface area contributed by atoms with Crippen molar-refractivity contribution in [2.24, 2.45) is 0 Å². The van der Waals surface area contributed by atoms with Crippen molar-refractivity contribution < 1.29 is 5.11 Å². The highest BCUT2D eigenvalue weighted by atomic mass is 79.9. The van der Waals surface area contributed by atoms with Crippen LogP contribution in [0.1, 0.15) is 17.2 Å². The van der Waals surface area contributed by atoms with Gasteiger partial charge in [-0.05, 0) is 17.2 Å². The van der Waals surface area contributed by atoms with Crippen LogP contribution in [0, 0.1) is 0 Å². The monoisotopic (exact) mass is 244 g/mol. The molecule has 0 fully saturated rings. The molecule has 3 heteroatoms. The summed E-state index contributed by atoms with van der Waals surface area (Å²) < 4.78 is 1.12. The molecule has 1 aromatic rings. The summed E-state index contributed by atoms with van der Waals surface area (Å²) in [6, 6.07) is 6.00. The predicted molar refractivity (Wildman–Crippen MR) is 55.3 cm³/mol. The fraction of sp³-hybridized carbons (Fsp3) is 0.333. The molecule has 0 bridgehead atoms. The first kappa shape index (κ1) is 8.60. The Balaban J connectivity index is 2.52. The molecular weight excluding hydrogens is 236 g/mol. The van der Waals surface area contributed by atoms with Crippen LogP contribution in [-0.2, 0) is 5.75 Å². The Kier molecular flexibility index (Phi) is 2.44. The molecule has 2 rings (SSSR count). The zero-order chi connectivity index (χ0) is 8.55. The van der Waals surface area contributed by atoms with E-state index in [0.717, 1.165) is 21.5 Å². The molecule has 0 spiro atoms. The Morgan fingerprint density at radius 1 is 1.50 bits per heavy atom. The number of hydrogen-bond acceptors (Lipinski definition) is 2. The van der Waals surface area contributed by atoms with Crippen molar-refractivity contribution in [3.8, 4) is 0 Å². The normalized spacial score (nSPS) is 22.0. The van der Waals surface area contributed by atoms with Gasteiger partial charge in [-0.1, -0.05) is 28.1 Å². The number of fused-ring (bicyclic) bond motifs is 1. The van der Waals surface area contributed by atoms with E-state index >= 15 is 0 Å². The lowest BCUT2D eigenvalue weighted by Gasteiger charge is -2.21. The molecule has 1 aliphatic rings. The number of halogens is 1. The molecule has 1 aliphatic heterocycles. The average molecular weight is 245 g/mol. The molecule has 12 heavy (non-hydrogen) atoms. The molecule has 0 saturated carbocycles. The Labute approximate surface area is 84.3 Å². The fourth-order valence-electron chi connectivity index (χ4n) is 1.40. The molecule has 64 valence electrons. The lowest BCUT2D eigenvalue weighted by Crippen LogP contribution is -2.09. The van der Waals surface area contributed by atoms with Crippen LogP contribution in [0.3, 0.4) is 0 Å². The molecule has 1 heterocycles. The summed E-state index contributed by atoms with van der Waals surface area (Å²) in [6.07, 6.45) is -0.281. The zero-order valence-electron chi connectivity index (χ0n) is 6.46. The molecular formula is C9H9BrOS. The van der Waals surface area contributed by atoms with Crippen molar-refractivity contribution in [3.05, 3.63) is 33.8 Å². The second kappa shape index (κ2) is 3.40. The molecule has 1 nitrogen and oxygen atoms in total. The third-order valence-corrected chi connectivity index (χ3v) is 3.82. The quantitative estimate of drug-likeness (QED) is 0.758. The minimum atomic E-state index is -0.281. The minimum Gasteiger partial charge on any atom is -0.388 e. The minimum absolute atomic E-state index is 0.281. The molecule has 1 aromatic carbocycles. The van der Waals surface area contributed by atoms with Gasteiger partial charge < -0.3 is 5.11 Å². The summed E-state index contributed by atoms with van der Waals surface area (Å²) in [7, 11) is 0. The van der Waals surface area contributed by atoms with Gasteiger partial charge in [0.05, 0.1) is 6.10 Å². The summed E-state index contributed by atoms with van der Waals surface area (Å²) in [6.45, 7) is 0. The summed E-state index contributed by atoms with van der Waals surface area (Å²) in [5.74, 6) is 1.83. The molecule has 1 N–H and O–H groups in total. The highest BCUT2D eigenvalue weighted by Crippen LogP contribution is 2.35. The number of benzene rings is 1. The third-order valence-electron chi connectivity index (χ3n) is 2.04. The standard InChI is InChI=1S/C9H9BrOS/c10-8-3-1-2-6-7(8)4-12-5-9(6)11/h1-3,9,11H,4-5H2/t9-/m1/s1. The average Bonchev–Trinajstić information content (AvgIpc) is 2.07. The number of hydrogen-bond donors (Lipinski definition) is 1. The van der Waals surface area contributed by atoms with Crippen molar-refractivity contribution in [1.82, 2.24) is 0 Å². The van der Waals surface area contributed by atoms with E-state index in [0.29, 0.717) is 0 Å². The van der Waals surface area contributed by atoms with Gasteiger partial charge in [-0.25, -0.2) is 0 Å². The summed E-state index contributed by atoms with van der Waals surface area (Å²) in [5, 5.41) is 9.64. The van der Waals surface area contributed by atoms with Gasteiger partial charge in [0.1, 0.15) is 0 Å². The van der Waals surface area contributed by atoms with E-state index in [2.05, 4.69) is 15.9 Å². The first-order valence-corrected chi connectivity index (χ1v) is 5.77. The molecule has 0 saturated heterocycles. The van der Waals surface area contributed by atoms with Crippen molar-refractivity contribution in [2.75, 3.05) is 5.75 Å². The molecule has 0 aliphatic carbocycles. The number of aliphatic hydroxyl groups is 1. The van der Waals surface area contributed by atoms with Gasteiger partial charge >= 0.3 is 0 Å². The molecule has 0 aromatic heterocycles. The van der Waals surface area contributed by atoms with Gasteiger partial charge in [-0.2, -0.15) is 11.8 Å². The molecule has 0 radical (unpaired) electrons. The smallest absolute Gasteiger partial charge is 0.0883 e.